The van der Waals surface area contributed by atoms with E-state index in [0.717, 1.165) is 13.1 Å². The van der Waals surface area contributed by atoms with Gasteiger partial charge in [0.1, 0.15) is 5.82 Å². The summed E-state index contributed by atoms with van der Waals surface area (Å²) in [5.41, 5.74) is 1.11. The maximum atomic E-state index is 13.3. The molecule has 0 aliphatic carbocycles. The molecule has 2 N–H and O–H groups in total. The van der Waals surface area contributed by atoms with Crippen LogP contribution in [0.25, 0.3) is 0 Å². The van der Waals surface area contributed by atoms with Gasteiger partial charge in [0.25, 0.3) is 0 Å². The molecule has 0 saturated carbocycles. The summed E-state index contributed by atoms with van der Waals surface area (Å²) in [5, 5.41) is 5.87. The highest BCUT2D eigenvalue weighted by Crippen LogP contribution is 2.34. The Bertz CT molecular complexity index is 590. The van der Waals surface area contributed by atoms with Crippen LogP contribution in [-0.2, 0) is 9.59 Å². The molecule has 1 aromatic rings. The lowest BCUT2D eigenvalue weighted by Gasteiger charge is -2.37. The molecule has 2 atom stereocenters. The van der Waals surface area contributed by atoms with Crippen molar-refractivity contribution >= 4 is 17.5 Å². The summed E-state index contributed by atoms with van der Waals surface area (Å²) in [6, 6.07) is 4.30. The average Bonchev–Trinajstić information content (AvgIpc) is 2.45. The van der Waals surface area contributed by atoms with E-state index in [1.807, 2.05) is 11.8 Å². The zero-order valence-corrected chi connectivity index (χ0v) is 11.9. The second-order valence-electron chi connectivity index (χ2n) is 5.62. The number of halogens is 1. The van der Waals surface area contributed by atoms with Crippen molar-refractivity contribution in [1.29, 1.82) is 0 Å². The molecule has 2 heterocycles. The smallest absolute Gasteiger partial charge is 0.231 e. The lowest BCUT2D eigenvalue weighted by molar-refractivity contribution is -0.137. The highest BCUT2D eigenvalue weighted by Gasteiger charge is 2.35. The van der Waals surface area contributed by atoms with Crippen LogP contribution in [0, 0.1) is 5.82 Å². The Kier molecular flexibility index (Phi) is 3.63. The third kappa shape index (κ3) is 2.63. The molecule has 0 radical (unpaired) electrons. The van der Waals surface area contributed by atoms with Gasteiger partial charge >= 0.3 is 0 Å². The van der Waals surface area contributed by atoms with Crippen LogP contribution in [0.5, 0.6) is 0 Å². The van der Waals surface area contributed by atoms with Gasteiger partial charge in [0, 0.05) is 37.8 Å². The minimum absolute atomic E-state index is 0.0493. The Morgan fingerprint density at radius 2 is 2.24 bits per heavy atom. The third-order valence-electron chi connectivity index (χ3n) is 4.14. The summed E-state index contributed by atoms with van der Waals surface area (Å²) in [6.07, 6.45) is 0.119. The molecule has 0 spiro atoms. The van der Waals surface area contributed by atoms with E-state index in [1.165, 1.54) is 12.1 Å². The summed E-state index contributed by atoms with van der Waals surface area (Å²) >= 11 is 0. The van der Waals surface area contributed by atoms with Crippen LogP contribution in [-0.4, -0.2) is 42.4 Å². The van der Waals surface area contributed by atoms with E-state index in [2.05, 4.69) is 10.6 Å². The molecule has 1 unspecified atom stereocenters. The minimum Gasteiger partial charge on any atom is -0.337 e. The number of carbonyl (C=O) groups excluding carboxylic acids is 2. The van der Waals surface area contributed by atoms with Crippen LogP contribution in [0.1, 0.15) is 24.8 Å². The van der Waals surface area contributed by atoms with E-state index in [4.69, 9.17) is 0 Å². The molecular weight excluding hydrogens is 273 g/mol. The fourth-order valence-corrected chi connectivity index (χ4v) is 3.03. The zero-order valence-electron chi connectivity index (χ0n) is 11.9. The fraction of sp³-hybridized carbons (Fsp3) is 0.467. The highest BCUT2D eigenvalue weighted by molar-refractivity contribution is 6.01. The molecule has 1 fully saturated rings. The van der Waals surface area contributed by atoms with E-state index in [-0.39, 0.29) is 24.3 Å². The predicted molar refractivity (Wildman–Crippen MR) is 76.4 cm³/mol. The van der Waals surface area contributed by atoms with Crippen LogP contribution >= 0.6 is 0 Å². The third-order valence-corrected chi connectivity index (χ3v) is 4.14. The number of rotatable bonds is 1. The van der Waals surface area contributed by atoms with Crippen molar-refractivity contribution in [1.82, 2.24) is 10.2 Å². The number of carbonyl (C=O) groups is 2. The normalized spacial score (nSPS) is 25.2. The van der Waals surface area contributed by atoms with Crippen LogP contribution in [0.3, 0.4) is 0 Å². The molecule has 0 bridgehead atoms. The van der Waals surface area contributed by atoms with Crippen molar-refractivity contribution < 1.29 is 14.0 Å². The monoisotopic (exact) mass is 291 g/mol. The Morgan fingerprint density at radius 3 is 3.00 bits per heavy atom. The number of fused-ring (bicyclic) bond motifs is 1. The summed E-state index contributed by atoms with van der Waals surface area (Å²) in [7, 11) is 0. The molecule has 1 aromatic carbocycles. The molecule has 112 valence electrons. The van der Waals surface area contributed by atoms with Crippen LogP contribution < -0.4 is 10.6 Å². The lowest BCUT2D eigenvalue weighted by atomic mass is 9.88. The fourth-order valence-electron chi connectivity index (χ4n) is 3.03. The Hall–Kier alpha value is -1.95. The Labute approximate surface area is 122 Å². The van der Waals surface area contributed by atoms with Gasteiger partial charge in [0.2, 0.25) is 11.8 Å². The maximum Gasteiger partial charge on any atom is 0.231 e. The van der Waals surface area contributed by atoms with E-state index in [9.17, 15) is 14.0 Å². The van der Waals surface area contributed by atoms with Gasteiger partial charge in [-0.2, -0.15) is 0 Å². The molecule has 21 heavy (non-hydrogen) atoms. The van der Waals surface area contributed by atoms with Crippen LogP contribution in [0.15, 0.2) is 18.2 Å². The van der Waals surface area contributed by atoms with Crippen molar-refractivity contribution in [3.63, 3.8) is 0 Å². The first kappa shape index (κ1) is 14.0. The van der Waals surface area contributed by atoms with E-state index >= 15 is 0 Å². The predicted octanol–water partition coefficient (Wildman–Crippen LogP) is 1.07. The van der Waals surface area contributed by atoms with E-state index < -0.39 is 11.7 Å². The van der Waals surface area contributed by atoms with Gasteiger partial charge in [-0.15, -0.1) is 0 Å². The number of nitrogens with zero attached hydrogens (tertiary/aromatic N) is 1. The summed E-state index contributed by atoms with van der Waals surface area (Å²) in [6.45, 7) is 4.12. The molecule has 2 aliphatic heterocycles. The first-order valence-electron chi connectivity index (χ1n) is 7.17. The van der Waals surface area contributed by atoms with Crippen molar-refractivity contribution in [3.05, 3.63) is 29.6 Å². The minimum atomic E-state index is -0.519. The SMILES string of the molecule is C[C@@H]1CNCCN1C(=O)C1CC(=O)Nc2cc(F)ccc21. The number of hydrogen-bond donors (Lipinski definition) is 2. The topological polar surface area (TPSA) is 61.4 Å². The van der Waals surface area contributed by atoms with Crippen molar-refractivity contribution in [2.24, 2.45) is 0 Å². The highest BCUT2D eigenvalue weighted by atomic mass is 19.1. The van der Waals surface area contributed by atoms with Gasteiger partial charge in [-0.1, -0.05) is 6.07 Å². The van der Waals surface area contributed by atoms with Crippen molar-refractivity contribution in [2.45, 2.75) is 25.3 Å². The Morgan fingerprint density at radius 1 is 1.43 bits per heavy atom. The average molecular weight is 291 g/mol. The largest absolute Gasteiger partial charge is 0.337 e. The van der Waals surface area contributed by atoms with Gasteiger partial charge in [0.15, 0.2) is 0 Å². The molecule has 5 nitrogen and oxygen atoms in total. The first-order valence-corrected chi connectivity index (χ1v) is 7.17. The molecule has 0 aromatic heterocycles. The summed E-state index contributed by atoms with van der Waals surface area (Å²) in [4.78, 5) is 26.4. The molecule has 3 rings (SSSR count). The Balaban J connectivity index is 1.91. The van der Waals surface area contributed by atoms with E-state index in [0.29, 0.717) is 17.8 Å². The number of benzene rings is 1. The number of piperazine rings is 1. The van der Waals surface area contributed by atoms with Gasteiger partial charge in [0.05, 0.1) is 5.92 Å². The first-order chi connectivity index (χ1) is 10.1. The molecule has 6 heteroatoms. The van der Waals surface area contributed by atoms with Crippen LogP contribution in [0.4, 0.5) is 10.1 Å². The van der Waals surface area contributed by atoms with Gasteiger partial charge in [-0.25, -0.2) is 4.39 Å². The molecule has 2 aliphatic rings. The second-order valence-corrected chi connectivity index (χ2v) is 5.62. The summed E-state index contributed by atoms with van der Waals surface area (Å²) < 4.78 is 13.3. The maximum absolute atomic E-state index is 13.3. The van der Waals surface area contributed by atoms with Crippen molar-refractivity contribution in [2.75, 3.05) is 25.0 Å². The lowest BCUT2D eigenvalue weighted by Crippen LogP contribution is -2.54. The molecule has 2 amide bonds. The standard InChI is InChI=1S/C15H18FN3O2/c1-9-8-17-4-5-19(9)15(21)12-7-14(20)18-13-6-10(16)2-3-11(12)13/h2-3,6,9,12,17H,4-5,7-8H2,1H3,(H,18,20)/t9-,12?/m1/s1. The second kappa shape index (κ2) is 5.44. The van der Waals surface area contributed by atoms with Crippen molar-refractivity contribution in [3.8, 4) is 0 Å². The molecular formula is C15H18FN3O2. The van der Waals surface area contributed by atoms with Gasteiger partial charge < -0.3 is 15.5 Å². The van der Waals surface area contributed by atoms with Gasteiger partial charge in [-0.3, -0.25) is 9.59 Å². The number of anilines is 1. The quantitative estimate of drug-likeness (QED) is 0.813. The number of hydrogen-bond acceptors (Lipinski definition) is 3. The van der Waals surface area contributed by atoms with E-state index in [1.54, 1.807) is 6.07 Å². The molecule has 1 saturated heterocycles. The number of amides is 2. The summed E-state index contributed by atoms with van der Waals surface area (Å²) in [5.74, 6) is -1.23. The zero-order chi connectivity index (χ0) is 15.0. The number of nitrogens with one attached hydrogen (secondary N) is 2. The van der Waals surface area contributed by atoms with Crippen LogP contribution in [0.2, 0.25) is 0 Å². The van der Waals surface area contributed by atoms with Gasteiger partial charge in [-0.05, 0) is 24.6 Å².